The van der Waals surface area contributed by atoms with Gasteiger partial charge in [0.2, 0.25) is 0 Å². The highest BCUT2D eigenvalue weighted by Gasteiger charge is 2.37. The smallest absolute Gasteiger partial charge is 0.0437 e. The van der Waals surface area contributed by atoms with Gasteiger partial charge < -0.3 is 0 Å². The molecule has 0 N–H and O–H groups in total. The van der Waals surface area contributed by atoms with E-state index in [1.165, 1.54) is 108 Å². The molecule has 0 atom stereocenters. The fraction of sp³-hybridized carbons (Fsp3) is 0.0588. The fourth-order valence-corrected chi connectivity index (χ4v) is 10.5. The van der Waals surface area contributed by atoms with Gasteiger partial charge in [0, 0.05) is 31.0 Å². The van der Waals surface area contributed by atoms with Gasteiger partial charge in [0.1, 0.15) is 0 Å². The van der Waals surface area contributed by atoms with Crippen molar-refractivity contribution in [3.05, 3.63) is 181 Å². The monoisotopic (exact) mass is 678 g/mol. The minimum absolute atomic E-state index is 0.106. The molecular weight excluding hydrogens is 645 g/mol. The third-order valence-electron chi connectivity index (χ3n) is 11.6. The summed E-state index contributed by atoms with van der Waals surface area (Å²) < 4.78 is 2.76. The van der Waals surface area contributed by atoms with E-state index >= 15 is 0 Å². The lowest BCUT2D eigenvalue weighted by Gasteiger charge is -2.23. The van der Waals surface area contributed by atoms with Crippen LogP contribution in [0, 0.1) is 0 Å². The summed E-state index contributed by atoms with van der Waals surface area (Å²) in [4.78, 5) is 0. The molecule has 244 valence electrons. The molecule has 0 spiro atoms. The Morgan fingerprint density at radius 1 is 0.404 bits per heavy atom. The molecule has 52 heavy (non-hydrogen) atoms. The zero-order valence-electron chi connectivity index (χ0n) is 29.1. The van der Waals surface area contributed by atoms with Crippen LogP contribution < -0.4 is 0 Å². The van der Waals surface area contributed by atoms with Gasteiger partial charge in [-0.25, -0.2) is 0 Å². The molecular formula is C51H34S. The maximum atomic E-state index is 2.44. The molecule has 0 radical (unpaired) electrons. The Balaban J connectivity index is 1.06. The number of benzene rings is 9. The van der Waals surface area contributed by atoms with Crippen LogP contribution in [-0.2, 0) is 5.41 Å². The predicted molar refractivity (Wildman–Crippen MR) is 226 cm³/mol. The van der Waals surface area contributed by atoms with E-state index in [1.54, 1.807) is 0 Å². The molecule has 0 amide bonds. The van der Waals surface area contributed by atoms with Gasteiger partial charge in [-0.3, -0.25) is 0 Å². The molecule has 9 aromatic carbocycles. The average Bonchev–Trinajstić information content (AvgIpc) is 3.69. The lowest BCUT2D eigenvalue weighted by atomic mass is 9.80. The van der Waals surface area contributed by atoms with Crippen LogP contribution in [0.25, 0.3) is 97.0 Å². The maximum Gasteiger partial charge on any atom is 0.0437 e. The van der Waals surface area contributed by atoms with Crippen LogP contribution in [0.2, 0.25) is 0 Å². The molecule has 0 saturated carbocycles. The normalized spacial score (nSPS) is 13.3. The SMILES string of the molecule is CC1(C)c2ccc(-c3ccc(-c4c5ccccc5c(-c5ccccc5)c5ccccc45)cc3)cc2-c2ccc3ccc4c5ccccc5sc4c3c21. The van der Waals surface area contributed by atoms with Crippen LogP contribution in [0.3, 0.4) is 0 Å². The maximum absolute atomic E-state index is 2.44. The number of thiophene rings is 1. The molecule has 0 bridgehead atoms. The second-order valence-corrected chi connectivity index (χ2v) is 15.8. The van der Waals surface area contributed by atoms with Gasteiger partial charge >= 0.3 is 0 Å². The highest BCUT2D eigenvalue weighted by atomic mass is 32.1. The van der Waals surface area contributed by atoms with E-state index in [1.807, 2.05) is 11.3 Å². The lowest BCUT2D eigenvalue weighted by molar-refractivity contribution is 0.667. The zero-order valence-corrected chi connectivity index (χ0v) is 29.9. The molecule has 1 aliphatic carbocycles. The Labute approximate surface area is 307 Å². The zero-order chi connectivity index (χ0) is 34.6. The van der Waals surface area contributed by atoms with Crippen LogP contribution in [0.1, 0.15) is 25.0 Å². The summed E-state index contributed by atoms with van der Waals surface area (Å²) in [6, 6.07) is 63.2. The van der Waals surface area contributed by atoms with Gasteiger partial charge in [0.25, 0.3) is 0 Å². The van der Waals surface area contributed by atoms with Crippen molar-refractivity contribution in [2.45, 2.75) is 19.3 Å². The molecule has 1 aliphatic rings. The van der Waals surface area contributed by atoms with Crippen LogP contribution in [0.4, 0.5) is 0 Å². The van der Waals surface area contributed by atoms with E-state index in [-0.39, 0.29) is 5.41 Å². The third-order valence-corrected chi connectivity index (χ3v) is 12.8. The first kappa shape index (κ1) is 29.7. The summed E-state index contributed by atoms with van der Waals surface area (Å²) in [7, 11) is 0. The van der Waals surface area contributed by atoms with E-state index in [9.17, 15) is 0 Å². The Bertz CT molecular complexity index is 3010. The predicted octanol–water partition coefficient (Wildman–Crippen LogP) is 14.8. The van der Waals surface area contributed by atoms with E-state index in [2.05, 4.69) is 184 Å². The van der Waals surface area contributed by atoms with Crippen molar-refractivity contribution in [2.75, 3.05) is 0 Å². The van der Waals surface area contributed by atoms with E-state index < -0.39 is 0 Å². The minimum atomic E-state index is -0.106. The molecule has 11 rings (SSSR count). The van der Waals surface area contributed by atoms with Crippen molar-refractivity contribution in [3.8, 4) is 44.5 Å². The highest BCUT2D eigenvalue weighted by molar-refractivity contribution is 7.26. The van der Waals surface area contributed by atoms with Crippen LogP contribution in [0.5, 0.6) is 0 Å². The molecule has 0 saturated heterocycles. The summed E-state index contributed by atoms with van der Waals surface area (Å²) in [6.07, 6.45) is 0. The molecule has 1 aromatic heterocycles. The second kappa shape index (κ2) is 11.0. The Kier molecular flexibility index (Phi) is 6.27. The standard InChI is InChI=1S/C51H34S/c1-51(2)44-29-26-35(30-43(44)41-27-24-34-25-28-42-36-14-10-11-19-45(36)52-50(42)48(34)49(41)51)31-20-22-33(23-21-31)47-39-17-8-6-15-37(39)46(32-12-4-3-5-13-32)38-16-7-9-18-40(38)47/h3-30H,1-2H3. The van der Waals surface area contributed by atoms with Crippen molar-refractivity contribution >= 4 is 63.8 Å². The first-order chi connectivity index (χ1) is 25.6. The first-order valence-electron chi connectivity index (χ1n) is 18.2. The lowest BCUT2D eigenvalue weighted by Crippen LogP contribution is -2.15. The molecule has 1 heterocycles. The van der Waals surface area contributed by atoms with Gasteiger partial charge in [0.05, 0.1) is 0 Å². The van der Waals surface area contributed by atoms with Gasteiger partial charge in [-0.2, -0.15) is 0 Å². The molecule has 0 nitrogen and oxygen atoms in total. The van der Waals surface area contributed by atoms with E-state index in [0.29, 0.717) is 0 Å². The summed E-state index contributed by atoms with van der Waals surface area (Å²) in [5, 5.41) is 10.6. The molecule has 1 heteroatoms. The number of rotatable bonds is 3. The molecule has 0 aliphatic heterocycles. The van der Waals surface area contributed by atoms with Gasteiger partial charge in [-0.15, -0.1) is 11.3 Å². The van der Waals surface area contributed by atoms with Crippen LogP contribution in [0.15, 0.2) is 170 Å². The topological polar surface area (TPSA) is 0 Å². The minimum Gasteiger partial charge on any atom is -0.135 e. The van der Waals surface area contributed by atoms with Crippen molar-refractivity contribution in [1.29, 1.82) is 0 Å². The summed E-state index contributed by atoms with van der Waals surface area (Å²) in [5.41, 5.74) is 13.1. The van der Waals surface area contributed by atoms with Crippen LogP contribution in [-0.4, -0.2) is 0 Å². The summed E-state index contributed by atoms with van der Waals surface area (Å²) in [6.45, 7) is 4.82. The van der Waals surface area contributed by atoms with Crippen LogP contribution >= 0.6 is 11.3 Å². The van der Waals surface area contributed by atoms with Crippen molar-refractivity contribution in [2.24, 2.45) is 0 Å². The van der Waals surface area contributed by atoms with Crippen molar-refractivity contribution < 1.29 is 0 Å². The average molecular weight is 679 g/mol. The summed E-state index contributed by atoms with van der Waals surface area (Å²) >= 11 is 1.94. The molecule has 0 unspecified atom stereocenters. The Hall–Kier alpha value is -6.02. The van der Waals surface area contributed by atoms with E-state index in [0.717, 1.165) is 0 Å². The Morgan fingerprint density at radius 2 is 0.942 bits per heavy atom. The fourth-order valence-electron chi connectivity index (χ4n) is 9.28. The number of hydrogen-bond donors (Lipinski definition) is 0. The van der Waals surface area contributed by atoms with E-state index in [4.69, 9.17) is 0 Å². The van der Waals surface area contributed by atoms with Gasteiger partial charge in [-0.05, 0) is 94.7 Å². The second-order valence-electron chi connectivity index (χ2n) is 14.8. The molecule has 10 aromatic rings. The number of hydrogen-bond acceptors (Lipinski definition) is 1. The van der Waals surface area contributed by atoms with Crippen molar-refractivity contribution in [1.82, 2.24) is 0 Å². The summed E-state index contributed by atoms with van der Waals surface area (Å²) in [5.74, 6) is 0. The largest absolute Gasteiger partial charge is 0.135 e. The number of fused-ring (bicyclic) bond motifs is 11. The third kappa shape index (κ3) is 4.15. The first-order valence-corrected chi connectivity index (χ1v) is 19.0. The quantitative estimate of drug-likeness (QED) is 0.163. The Morgan fingerprint density at radius 3 is 1.62 bits per heavy atom. The van der Waals surface area contributed by atoms with Gasteiger partial charge in [0.15, 0.2) is 0 Å². The highest BCUT2D eigenvalue weighted by Crippen LogP contribution is 2.54. The van der Waals surface area contributed by atoms with Crippen molar-refractivity contribution in [3.63, 3.8) is 0 Å². The van der Waals surface area contributed by atoms with Gasteiger partial charge in [-0.1, -0.05) is 172 Å². The molecule has 0 fully saturated rings.